The number of hydrogen-bond acceptors (Lipinski definition) is 5. The highest BCUT2D eigenvalue weighted by Crippen LogP contribution is 2.26. The van der Waals surface area contributed by atoms with Gasteiger partial charge < -0.3 is 19.9 Å². The number of halogens is 3. The van der Waals surface area contributed by atoms with Crippen molar-refractivity contribution in [1.29, 1.82) is 0 Å². The van der Waals surface area contributed by atoms with Gasteiger partial charge in [0.1, 0.15) is 6.10 Å². The van der Waals surface area contributed by atoms with E-state index >= 15 is 0 Å². The van der Waals surface area contributed by atoms with Crippen LogP contribution < -0.4 is 5.32 Å². The number of carboxylic acids is 1. The maximum atomic E-state index is 12.2. The summed E-state index contributed by atoms with van der Waals surface area (Å²) in [6, 6.07) is 10.3. The summed E-state index contributed by atoms with van der Waals surface area (Å²) in [7, 11) is 0. The fourth-order valence-corrected chi connectivity index (χ4v) is 3.42. The molecule has 2 aliphatic heterocycles. The van der Waals surface area contributed by atoms with E-state index in [1.165, 1.54) is 11.1 Å². The number of aromatic nitrogens is 2. The second kappa shape index (κ2) is 10.6. The lowest BCUT2D eigenvalue weighted by Gasteiger charge is -2.22. The van der Waals surface area contributed by atoms with Crippen LogP contribution in [-0.4, -0.2) is 59.3 Å². The van der Waals surface area contributed by atoms with Gasteiger partial charge >= 0.3 is 12.1 Å². The number of carbonyl (C=O) groups excluding carboxylic acids is 1. The summed E-state index contributed by atoms with van der Waals surface area (Å²) in [4.78, 5) is 21.1. The highest BCUT2D eigenvalue weighted by Gasteiger charge is 2.38. The van der Waals surface area contributed by atoms with Crippen LogP contribution in [0.1, 0.15) is 29.3 Å². The molecular formula is C21H24F3N3O5. The van der Waals surface area contributed by atoms with Crippen molar-refractivity contribution in [1.82, 2.24) is 15.1 Å². The highest BCUT2D eigenvalue weighted by atomic mass is 19.4. The Labute approximate surface area is 182 Å². The zero-order valence-corrected chi connectivity index (χ0v) is 17.2. The van der Waals surface area contributed by atoms with Crippen LogP contribution in [0.25, 0.3) is 0 Å². The number of nitrogens with zero attached hydrogens (tertiary/aromatic N) is 2. The van der Waals surface area contributed by atoms with E-state index < -0.39 is 12.1 Å². The fourth-order valence-electron chi connectivity index (χ4n) is 3.42. The molecule has 0 saturated carbocycles. The Balaban J connectivity index is 0.000000360. The lowest BCUT2D eigenvalue weighted by molar-refractivity contribution is -0.192. The number of aliphatic carboxylic acids is 1. The molecule has 0 bridgehead atoms. The first-order valence-corrected chi connectivity index (χ1v) is 10.1. The molecule has 0 radical (unpaired) electrons. The summed E-state index contributed by atoms with van der Waals surface area (Å²) >= 11 is 0. The van der Waals surface area contributed by atoms with E-state index in [-0.39, 0.29) is 17.9 Å². The van der Waals surface area contributed by atoms with Gasteiger partial charge in [-0.05, 0) is 24.0 Å². The van der Waals surface area contributed by atoms with E-state index in [0.29, 0.717) is 26.4 Å². The number of alkyl halides is 3. The van der Waals surface area contributed by atoms with Crippen molar-refractivity contribution < 1.29 is 37.3 Å². The maximum absolute atomic E-state index is 12.2. The van der Waals surface area contributed by atoms with E-state index in [0.717, 1.165) is 25.1 Å². The molecule has 11 heteroatoms. The van der Waals surface area contributed by atoms with E-state index in [9.17, 15) is 18.0 Å². The fraction of sp³-hybridized carbons (Fsp3) is 0.476. The van der Waals surface area contributed by atoms with Gasteiger partial charge in [-0.2, -0.15) is 18.3 Å². The molecule has 1 fully saturated rings. The van der Waals surface area contributed by atoms with Crippen LogP contribution in [0.5, 0.6) is 0 Å². The van der Waals surface area contributed by atoms with Crippen LogP contribution in [0.3, 0.4) is 0 Å². The summed E-state index contributed by atoms with van der Waals surface area (Å²) < 4.78 is 44.8. The van der Waals surface area contributed by atoms with Gasteiger partial charge in [-0.15, -0.1) is 0 Å². The van der Waals surface area contributed by atoms with E-state index in [4.69, 9.17) is 24.5 Å². The monoisotopic (exact) mass is 455 g/mol. The number of fused-ring (bicyclic) bond motifs is 1. The maximum Gasteiger partial charge on any atom is 0.490 e. The molecule has 1 amide bonds. The summed E-state index contributed by atoms with van der Waals surface area (Å²) in [5, 5.41) is 14.8. The molecule has 1 aromatic carbocycles. The highest BCUT2D eigenvalue weighted by molar-refractivity contribution is 5.79. The molecule has 8 nitrogen and oxygen atoms in total. The summed E-state index contributed by atoms with van der Waals surface area (Å²) in [5.41, 5.74) is 3.38. The van der Waals surface area contributed by atoms with Crippen molar-refractivity contribution in [3.63, 3.8) is 0 Å². The van der Waals surface area contributed by atoms with Crippen LogP contribution >= 0.6 is 0 Å². The molecule has 2 aromatic rings. The predicted molar refractivity (Wildman–Crippen MR) is 106 cm³/mol. The van der Waals surface area contributed by atoms with Gasteiger partial charge in [0.25, 0.3) is 0 Å². The lowest BCUT2D eigenvalue weighted by atomic mass is 10.1. The van der Waals surface area contributed by atoms with Gasteiger partial charge in [0.15, 0.2) is 0 Å². The topological polar surface area (TPSA) is 103 Å². The number of hydrogen-bond donors (Lipinski definition) is 2. The molecule has 4 rings (SSSR count). The smallest absolute Gasteiger partial charge is 0.475 e. The largest absolute Gasteiger partial charge is 0.490 e. The SMILES string of the molecule is O=C(NCC1OCCc2cn(Cc3ccccc3)nc21)C1CCOC1.O=C(O)C(F)(F)F. The Morgan fingerprint density at radius 3 is 2.56 bits per heavy atom. The van der Waals surface area contributed by atoms with Crippen molar-refractivity contribution >= 4 is 11.9 Å². The van der Waals surface area contributed by atoms with Crippen molar-refractivity contribution in [3.8, 4) is 0 Å². The average Bonchev–Trinajstić information content (AvgIpc) is 3.42. The number of carboxylic acid groups (broad SMARTS) is 1. The quantitative estimate of drug-likeness (QED) is 0.718. The molecular weight excluding hydrogens is 431 g/mol. The van der Waals surface area contributed by atoms with Crippen molar-refractivity contribution in [2.45, 2.75) is 31.7 Å². The number of amides is 1. The molecule has 2 N–H and O–H groups in total. The van der Waals surface area contributed by atoms with Crippen molar-refractivity contribution in [2.75, 3.05) is 26.4 Å². The van der Waals surface area contributed by atoms with Crippen molar-refractivity contribution in [3.05, 3.63) is 53.3 Å². The Hall–Kier alpha value is -2.92. The Morgan fingerprint density at radius 1 is 1.22 bits per heavy atom. The number of nitrogens with one attached hydrogen (secondary N) is 1. The molecule has 2 atom stereocenters. The number of carbonyl (C=O) groups is 2. The predicted octanol–water partition coefficient (Wildman–Crippen LogP) is 2.33. The lowest BCUT2D eigenvalue weighted by Crippen LogP contribution is -2.36. The molecule has 0 spiro atoms. The third kappa shape index (κ3) is 6.54. The molecule has 174 valence electrons. The van der Waals surface area contributed by atoms with Gasteiger partial charge in [-0.3, -0.25) is 9.48 Å². The Kier molecular flexibility index (Phi) is 7.86. The van der Waals surface area contributed by atoms with Crippen LogP contribution in [0.4, 0.5) is 13.2 Å². The van der Waals surface area contributed by atoms with Crippen molar-refractivity contribution in [2.24, 2.45) is 5.92 Å². The Morgan fingerprint density at radius 2 is 1.94 bits per heavy atom. The average molecular weight is 455 g/mol. The Bertz CT molecular complexity index is 911. The van der Waals surface area contributed by atoms with E-state index in [2.05, 4.69) is 23.6 Å². The first-order valence-electron chi connectivity index (χ1n) is 10.1. The molecule has 1 aromatic heterocycles. The minimum atomic E-state index is -5.08. The molecule has 3 heterocycles. The van der Waals surface area contributed by atoms with Gasteiger partial charge in [0.2, 0.25) is 5.91 Å². The van der Waals surface area contributed by atoms with Crippen LogP contribution in [-0.2, 0) is 32.0 Å². The van der Waals surface area contributed by atoms with Gasteiger partial charge in [0.05, 0.1) is 31.4 Å². The standard InChI is InChI=1S/C19H23N3O3.C2HF3O2/c23-19(16-6-8-24-13-16)20-10-17-18-15(7-9-25-17)12-22(21-18)11-14-4-2-1-3-5-14;3-2(4,5)1(6)7/h1-5,12,16-17H,6-11,13H2,(H,20,23);(H,6,7). The molecule has 2 unspecified atom stereocenters. The normalized spacial score (nSPS) is 20.1. The molecule has 0 aliphatic carbocycles. The molecule has 2 aliphatic rings. The summed E-state index contributed by atoms with van der Waals surface area (Å²) in [5.74, 6) is -2.73. The van der Waals surface area contributed by atoms with Crippen LogP contribution in [0.15, 0.2) is 36.5 Å². The van der Waals surface area contributed by atoms with Crippen LogP contribution in [0, 0.1) is 5.92 Å². The summed E-state index contributed by atoms with van der Waals surface area (Å²) in [6.07, 6.45) is -1.49. The number of rotatable bonds is 5. The minimum Gasteiger partial charge on any atom is -0.475 e. The second-order valence-corrected chi connectivity index (χ2v) is 7.44. The third-order valence-corrected chi connectivity index (χ3v) is 5.06. The molecule has 32 heavy (non-hydrogen) atoms. The molecule has 1 saturated heterocycles. The summed E-state index contributed by atoms with van der Waals surface area (Å²) in [6.45, 7) is 3.06. The number of ether oxygens (including phenoxy) is 2. The third-order valence-electron chi connectivity index (χ3n) is 5.06. The zero-order chi connectivity index (χ0) is 23.1. The minimum absolute atomic E-state index is 0.0290. The van der Waals surface area contributed by atoms with Gasteiger partial charge in [0, 0.05) is 19.3 Å². The van der Waals surface area contributed by atoms with Gasteiger partial charge in [-0.25, -0.2) is 4.79 Å². The zero-order valence-electron chi connectivity index (χ0n) is 17.2. The first kappa shape index (κ1) is 23.7. The first-order chi connectivity index (χ1) is 15.2. The van der Waals surface area contributed by atoms with E-state index in [1.54, 1.807) is 0 Å². The van der Waals surface area contributed by atoms with E-state index in [1.807, 2.05) is 22.9 Å². The van der Waals surface area contributed by atoms with Gasteiger partial charge in [-0.1, -0.05) is 30.3 Å². The second-order valence-electron chi connectivity index (χ2n) is 7.44. The van der Waals surface area contributed by atoms with Crippen LogP contribution in [0.2, 0.25) is 0 Å². The number of benzene rings is 1.